The highest BCUT2D eigenvalue weighted by molar-refractivity contribution is 5.95. The van der Waals surface area contributed by atoms with Crippen LogP contribution in [0.4, 0.5) is 0 Å². The molecule has 1 fully saturated rings. The van der Waals surface area contributed by atoms with E-state index in [1.165, 1.54) is 0 Å². The van der Waals surface area contributed by atoms with E-state index in [0.29, 0.717) is 43.9 Å². The molecule has 6 nitrogen and oxygen atoms in total. The van der Waals surface area contributed by atoms with Gasteiger partial charge in [-0.15, -0.1) is 0 Å². The molecule has 2 heterocycles. The van der Waals surface area contributed by atoms with Crippen LogP contribution in [0.1, 0.15) is 22.5 Å². The van der Waals surface area contributed by atoms with Crippen molar-refractivity contribution in [2.75, 3.05) is 26.4 Å². The predicted molar refractivity (Wildman–Crippen MR) is 70.9 cm³/mol. The molecule has 1 aromatic heterocycles. The Labute approximate surface area is 117 Å². The molecule has 1 aromatic rings. The largest absolute Gasteiger partial charge is 0.394 e. The topological polar surface area (TPSA) is 86.5 Å². The minimum absolute atomic E-state index is 0.125. The quantitative estimate of drug-likeness (QED) is 0.858. The Morgan fingerprint density at radius 1 is 1.65 bits per heavy atom. The highest BCUT2D eigenvalue weighted by Crippen LogP contribution is 2.15. The Balaban J connectivity index is 2.21. The van der Waals surface area contributed by atoms with E-state index >= 15 is 0 Å². The fourth-order valence-electron chi connectivity index (χ4n) is 2.23. The van der Waals surface area contributed by atoms with Crippen molar-refractivity contribution in [3.63, 3.8) is 0 Å². The van der Waals surface area contributed by atoms with Crippen LogP contribution in [0.25, 0.3) is 0 Å². The Hall–Kier alpha value is -1.97. The van der Waals surface area contributed by atoms with Crippen LogP contribution in [-0.2, 0) is 11.2 Å². The van der Waals surface area contributed by atoms with Gasteiger partial charge in [-0.2, -0.15) is 5.26 Å². The van der Waals surface area contributed by atoms with Gasteiger partial charge in [-0.05, 0) is 12.1 Å². The third-order valence-electron chi connectivity index (χ3n) is 3.29. The number of aryl methyl sites for hydroxylation is 1. The van der Waals surface area contributed by atoms with Crippen LogP contribution in [0.15, 0.2) is 18.3 Å². The summed E-state index contributed by atoms with van der Waals surface area (Å²) in [5, 5.41) is 18.0. The van der Waals surface area contributed by atoms with E-state index in [4.69, 9.17) is 10.00 Å². The van der Waals surface area contributed by atoms with Gasteiger partial charge in [0.2, 0.25) is 0 Å². The Morgan fingerprint density at radius 2 is 2.50 bits per heavy atom. The van der Waals surface area contributed by atoms with Crippen LogP contribution in [-0.4, -0.2) is 53.3 Å². The van der Waals surface area contributed by atoms with Gasteiger partial charge in [0, 0.05) is 25.6 Å². The van der Waals surface area contributed by atoms with Crippen molar-refractivity contribution < 1.29 is 14.6 Å². The monoisotopic (exact) mass is 275 g/mol. The Kier molecular flexibility index (Phi) is 5.04. The molecular weight excluding hydrogens is 258 g/mol. The Morgan fingerprint density at radius 3 is 3.25 bits per heavy atom. The number of carbonyl (C=O) groups is 1. The van der Waals surface area contributed by atoms with Gasteiger partial charge in [-0.1, -0.05) is 0 Å². The molecule has 0 spiro atoms. The minimum Gasteiger partial charge on any atom is -0.394 e. The second kappa shape index (κ2) is 6.98. The van der Waals surface area contributed by atoms with E-state index in [0.717, 1.165) is 0 Å². The molecule has 1 amide bonds. The second-order valence-corrected chi connectivity index (χ2v) is 4.57. The summed E-state index contributed by atoms with van der Waals surface area (Å²) < 4.78 is 5.27. The maximum atomic E-state index is 12.6. The van der Waals surface area contributed by atoms with Crippen molar-refractivity contribution in [1.29, 1.82) is 5.26 Å². The number of morpholine rings is 1. The van der Waals surface area contributed by atoms with Gasteiger partial charge in [0.15, 0.2) is 0 Å². The first kappa shape index (κ1) is 14.4. The number of amides is 1. The van der Waals surface area contributed by atoms with Gasteiger partial charge < -0.3 is 14.7 Å². The number of nitriles is 1. The van der Waals surface area contributed by atoms with Crippen LogP contribution in [0.3, 0.4) is 0 Å². The number of carbonyl (C=O) groups excluding carboxylic acids is 1. The average molecular weight is 275 g/mol. The molecule has 2 rings (SSSR count). The number of aliphatic hydroxyl groups is 1. The summed E-state index contributed by atoms with van der Waals surface area (Å²) >= 11 is 0. The lowest BCUT2D eigenvalue weighted by Crippen LogP contribution is -2.50. The van der Waals surface area contributed by atoms with Crippen molar-refractivity contribution in [2.45, 2.75) is 18.9 Å². The summed E-state index contributed by atoms with van der Waals surface area (Å²) in [6.45, 7) is 1.14. The van der Waals surface area contributed by atoms with E-state index in [-0.39, 0.29) is 18.6 Å². The van der Waals surface area contributed by atoms with Crippen molar-refractivity contribution in [2.24, 2.45) is 0 Å². The van der Waals surface area contributed by atoms with Crippen LogP contribution in [0.2, 0.25) is 0 Å². The first-order valence-corrected chi connectivity index (χ1v) is 6.58. The first-order valence-electron chi connectivity index (χ1n) is 6.58. The van der Waals surface area contributed by atoms with Gasteiger partial charge >= 0.3 is 0 Å². The van der Waals surface area contributed by atoms with Crippen molar-refractivity contribution in [1.82, 2.24) is 9.88 Å². The molecule has 0 aromatic carbocycles. The molecule has 0 unspecified atom stereocenters. The van der Waals surface area contributed by atoms with E-state index < -0.39 is 0 Å². The number of nitrogens with zero attached hydrogens (tertiary/aromatic N) is 3. The van der Waals surface area contributed by atoms with E-state index in [1.807, 2.05) is 0 Å². The van der Waals surface area contributed by atoms with Crippen molar-refractivity contribution in [3.05, 3.63) is 29.6 Å². The summed E-state index contributed by atoms with van der Waals surface area (Å²) in [7, 11) is 0. The lowest BCUT2D eigenvalue weighted by molar-refractivity contribution is -0.0184. The molecular formula is C14H17N3O3. The highest BCUT2D eigenvalue weighted by Gasteiger charge is 2.28. The molecule has 0 bridgehead atoms. The highest BCUT2D eigenvalue weighted by atomic mass is 16.5. The lowest BCUT2D eigenvalue weighted by Gasteiger charge is -2.34. The zero-order valence-corrected chi connectivity index (χ0v) is 11.2. The molecule has 106 valence electrons. The fourth-order valence-corrected chi connectivity index (χ4v) is 2.23. The predicted octanol–water partition coefficient (Wildman–Crippen LogP) is 0.371. The third-order valence-corrected chi connectivity index (χ3v) is 3.29. The average Bonchev–Trinajstić information content (AvgIpc) is 2.52. The number of aliphatic hydroxyl groups excluding tert-OH is 1. The standard InChI is InChI=1S/C14H17N3O3/c15-5-1-4-13-12(3-2-6-16-13)14(19)17-7-8-20-10-11(17)9-18/h2-3,6,11,18H,1,4,7-10H2/t11-/m1/s1. The molecule has 1 N–H and O–H groups in total. The third kappa shape index (κ3) is 3.13. The molecule has 20 heavy (non-hydrogen) atoms. The maximum Gasteiger partial charge on any atom is 0.256 e. The summed E-state index contributed by atoms with van der Waals surface area (Å²) in [5.74, 6) is -0.159. The van der Waals surface area contributed by atoms with Gasteiger partial charge in [-0.25, -0.2) is 0 Å². The number of ether oxygens (including phenoxy) is 1. The summed E-state index contributed by atoms with van der Waals surface area (Å²) in [6.07, 6.45) is 2.39. The van der Waals surface area contributed by atoms with Crippen LogP contribution >= 0.6 is 0 Å². The number of pyridine rings is 1. The van der Waals surface area contributed by atoms with Crippen LogP contribution < -0.4 is 0 Å². The van der Waals surface area contributed by atoms with Gasteiger partial charge in [0.05, 0.1) is 43.2 Å². The van der Waals surface area contributed by atoms with Crippen molar-refractivity contribution in [3.8, 4) is 6.07 Å². The van der Waals surface area contributed by atoms with E-state index in [1.54, 1.807) is 23.2 Å². The molecule has 0 saturated carbocycles. The van der Waals surface area contributed by atoms with E-state index in [9.17, 15) is 9.90 Å². The van der Waals surface area contributed by atoms with E-state index in [2.05, 4.69) is 11.1 Å². The molecule has 1 aliphatic rings. The van der Waals surface area contributed by atoms with Crippen LogP contribution in [0, 0.1) is 11.3 Å². The number of aromatic nitrogens is 1. The summed E-state index contributed by atoms with van der Waals surface area (Å²) in [5.41, 5.74) is 1.13. The van der Waals surface area contributed by atoms with Gasteiger partial charge in [0.1, 0.15) is 0 Å². The molecule has 1 saturated heterocycles. The molecule has 0 radical (unpaired) electrons. The number of hydrogen-bond acceptors (Lipinski definition) is 5. The SMILES string of the molecule is N#CCCc1ncccc1C(=O)N1CCOC[C@H]1CO. The zero-order valence-electron chi connectivity index (χ0n) is 11.2. The second-order valence-electron chi connectivity index (χ2n) is 4.57. The fraction of sp³-hybridized carbons (Fsp3) is 0.500. The minimum atomic E-state index is -0.319. The lowest BCUT2D eigenvalue weighted by atomic mass is 10.1. The summed E-state index contributed by atoms with van der Waals surface area (Å²) in [4.78, 5) is 18.4. The number of hydrogen-bond donors (Lipinski definition) is 1. The van der Waals surface area contributed by atoms with Crippen LogP contribution in [0.5, 0.6) is 0 Å². The maximum absolute atomic E-state index is 12.6. The normalized spacial score (nSPS) is 18.6. The molecule has 6 heteroatoms. The van der Waals surface area contributed by atoms with Gasteiger partial charge in [0.25, 0.3) is 5.91 Å². The Bertz CT molecular complexity index is 513. The van der Waals surface area contributed by atoms with Crippen molar-refractivity contribution >= 4 is 5.91 Å². The zero-order chi connectivity index (χ0) is 14.4. The van der Waals surface area contributed by atoms with Gasteiger partial charge in [-0.3, -0.25) is 9.78 Å². The molecule has 1 aliphatic heterocycles. The smallest absolute Gasteiger partial charge is 0.256 e. The number of rotatable bonds is 4. The molecule has 0 aliphatic carbocycles. The molecule has 1 atom stereocenters. The summed E-state index contributed by atoms with van der Waals surface area (Å²) in [6, 6.07) is 5.16. The first-order chi connectivity index (χ1) is 9.77.